The lowest BCUT2D eigenvalue weighted by Crippen LogP contribution is -2.39. The Morgan fingerprint density at radius 3 is 0.675 bits per heavy atom. The highest BCUT2D eigenvalue weighted by Gasteiger charge is 2.03. The molecule has 0 rings (SSSR count). The lowest BCUT2D eigenvalue weighted by molar-refractivity contribution is 0.183. The van der Waals surface area contributed by atoms with Crippen LogP contribution in [0.4, 0.5) is 0 Å². The van der Waals surface area contributed by atoms with E-state index in [4.69, 9.17) is 0 Å². The van der Waals surface area contributed by atoms with Gasteiger partial charge < -0.3 is 0 Å². The van der Waals surface area contributed by atoms with E-state index in [1.807, 2.05) is 0 Å². The summed E-state index contributed by atoms with van der Waals surface area (Å²) in [6, 6.07) is 0. The molecule has 0 amide bonds. The molecule has 0 aliphatic rings. The van der Waals surface area contributed by atoms with E-state index in [1.165, 1.54) is 219 Å². The van der Waals surface area contributed by atoms with Gasteiger partial charge in [0.2, 0.25) is 0 Å². The van der Waals surface area contributed by atoms with Crippen molar-refractivity contribution in [2.75, 3.05) is 19.6 Å². The zero-order valence-corrected chi connectivity index (χ0v) is 28.7. The number of nitrogens with one attached hydrogen (secondary N) is 1. The molecule has 0 aliphatic carbocycles. The molecule has 1 N–H and O–H groups in total. The van der Waals surface area contributed by atoms with Crippen LogP contribution in [-0.4, -0.2) is 24.6 Å². The van der Waals surface area contributed by atoms with Crippen molar-refractivity contribution in [3.05, 3.63) is 0 Å². The fourth-order valence-corrected chi connectivity index (χ4v) is 6.20. The van der Waals surface area contributed by atoms with Crippen LogP contribution in [0.1, 0.15) is 226 Å². The molecule has 0 aromatic carbocycles. The summed E-state index contributed by atoms with van der Waals surface area (Å²) >= 11 is 0. The summed E-state index contributed by atoms with van der Waals surface area (Å²) < 4.78 is 0. The quantitative estimate of drug-likeness (QED) is 0.0601. The van der Waals surface area contributed by atoms with Gasteiger partial charge >= 0.3 is 0 Å². The average Bonchev–Trinajstić information content (AvgIpc) is 2.96. The molecule has 0 spiro atoms. The first kappa shape index (κ1) is 39.9. The summed E-state index contributed by atoms with van der Waals surface area (Å²) in [6.45, 7) is 10.4. The largest absolute Gasteiger partial charge is 0.255 e. The number of hydrogen-bond acceptors (Lipinski definition) is 2. The van der Waals surface area contributed by atoms with Gasteiger partial charge in [-0.25, -0.2) is 5.01 Å². The summed E-state index contributed by atoms with van der Waals surface area (Å²) in [5, 5.41) is 2.52. The molecule has 0 aliphatic heterocycles. The lowest BCUT2D eigenvalue weighted by Gasteiger charge is -2.22. The molecule has 0 saturated heterocycles. The first-order valence-corrected chi connectivity index (χ1v) is 19.3. The van der Waals surface area contributed by atoms with E-state index in [0.717, 1.165) is 6.54 Å². The van der Waals surface area contributed by atoms with Crippen molar-refractivity contribution in [3.63, 3.8) is 0 Å². The maximum absolute atomic E-state index is 3.62. The minimum absolute atomic E-state index is 1.07. The van der Waals surface area contributed by atoms with Crippen LogP contribution in [0.2, 0.25) is 0 Å². The van der Waals surface area contributed by atoms with Gasteiger partial charge in [0.1, 0.15) is 0 Å². The minimum atomic E-state index is 1.07. The van der Waals surface area contributed by atoms with Crippen molar-refractivity contribution in [1.29, 1.82) is 0 Å². The van der Waals surface area contributed by atoms with Crippen molar-refractivity contribution in [2.45, 2.75) is 226 Å². The third-order valence-corrected chi connectivity index (χ3v) is 8.94. The van der Waals surface area contributed by atoms with Crippen molar-refractivity contribution >= 4 is 0 Å². The molecule has 0 atom stereocenters. The maximum Gasteiger partial charge on any atom is 0.0130 e. The Morgan fingerprint density at radius 2 is 0.475 bits per heavy atom. The Morgan fingerprint density at radius 1 is 0.275 bits per heavy atom. The van der Waals surface area contributed by atoms with E-state index in [-0.39, 0.29) is 0 Å². The molecule has 0 heterocycles. The van der Waals surface area contributed by atoms with E-state index in [2.05, 4.69) is 31.2 Å². The number of hydrazine groups is 1. The molecule has 0 aromatic rings. The number of unbranched alkanes of at least 4 members (excludes halogenated alkanes) is 30. The molecule has 0 radical (unpaired) electrons. The Bertz CT molecular complexity index is 388. The second-order valence-corrected chi connectivity index (χ2v) is 13.1. The van der Waals surface area contributed by atoms with Crippen molar-refractivity contribution < 1.29 is 0 Å². The SMILES string of the molecule is CCCCCCCCCCCCCCCCCCN(CCCCCCCCCCCCCCCCCC)NCC. The predicted molar refractivity (Wildman–Crippen MR) is 184 cm³/mol. The summed E-state index contributed by atoms with van der Waals surface area (Å²) in [4.78, 5) is 0. The second kappa shape index (κ2) is 36.9. The molecular weight excluding hydrogens is 484 g/mol. The third-order valence-electron chi connectivity index (χ3n) is 8.94. The van der Waals surface area contributed by atoms with Crippen LogP contribution in [0.25, 0.3) is 0 Å². The summed E-state index contributed by atoms with van der Waals surface area (Å²) in [6.07, 6.45) is 46.5. The topological polar surface area (TPSA) is 15.3 Å². The minimum Gasteiger partial charge on any atom is -0.255 e. The fraction of sp³-hybridized carbons (Fsp3) is 1.00. The molecule has 242 valence electrons. The lowest BCUT2D eigenvalue weighted by atomic mass is 10.0. The average molecular weight is 565 g/mol. The van der Waals surface area contributed by atoms with Crippen molar-refractivity contribution in [3.8, 4) is 0 Å². The standard InChI is InChI=1S/C38H80N2/c1-4-7-9-11-13-15-17-19-21-23-25-27-29-31-33-35-37-40(39-6-3)38-36-34-32-30-28-26-24-22-20-18-16-14-12-10-8-5-2/h39H,4-38H2,1-3H3. The molecule has 0 unspecified atom stereocenters. The second-order valence-electron chi connectivity index (χ2n) is 13.1. The maximum atomic E-state index is 3.62. The summed E-state index contributed by atoms with van der Waals surface area (Å²) in [5.74, 6) is 0. The predicted octanol–water partition coefficient (Wildman–Crippen LogP) is 13.3. The molecular formula is C38H80N2. The molecule has 0 aromatic heterocycles. The van der Waals surface area contributed by atoms with Crippen LogP contribution in [0, 0.1) is 0 Å². The van der Waals surface area contributed by atoms with Crippen LogP contribution in [0.15, 0.2) is 0 Å². The van der Waals surface area contributed by atoms with Crippen LogP contribution >= 0.6 is 0 Å². The molecule has 0 bridgehead atoms. The van der Waals surface area contributed by atoms with Crippen LogP contribution < -0.4 is 5.43 Å². The van der Waals surface area contributed by atoms with E-state index in [0.29, 0.717) is 0 Å². The van der Waals surface area contributed by atoms with Crippen molar-refractivity contribution in [2.24, 2.45) is 0 Å². The smallest absolute Gasteiger partial charge is 0.0130 e. The molecule has 40 heavy (non-hydrogen) atoms. The van der Waals surface area contributed by atoms with Gasteiger partial charge in [-0.05, 0) is 12.8 Å². The monoisotopic (exact) mass is 565 g/mol. The first-order valence-electron chi connectivity index (χ1n) is 19.3. The van der Waals surface area contributed by atoms with E-state index in [9.17, 15) is 0 Å². The normalized spacial score (nSPS) is 11.7. The summed E-state index contributed by atoms with van der Waals surface area (Å²) in [7, 11) is 0. The van der Waals surface area contributed by atoms with Crippen molar-refractivity contribution in [1.82, 2.24) is 10.4 Å². The van der Waals surface area contributed by atoms with Gasteiger partial charge in [0.15, 0.2) is 0 Å². The van der Waals surface area contributed by atoms with Gasteiger partial charge in [-0.3, -0.25) is 5.43 Å². The number of nitrogens with zero attached hydrogens (tertiary/aromatic N) is 1. The van der Waals surface area contributed by atoms with Crippen LogP contribution in [-0.2, 0) is 0 Å². The van der Waals surface area contributed by atoms with Crippen LogP contribution in [0.5, 0.6) is 0 Å². The molecule has 2 heteroatoms. The van der Waals surface area contributed by atoms with Gasteiger partial charge in [0.25, 0.3) is 0 Å². The van der Waals surface area contributed by atoms with Gasteiger partial charge in [-0.2, -0.15) is 0 Å². The molecule has 0 saturated carbocycles. The van der Waals surface area contributed by atoms with Gasteiger partial charge in [-0.15, -0.1) is 0 Å². The highest BCUT2D eigenvalue weighted by atomic mass is 15.5. The van der Waals surface area contributed by atoms with Gasteiger partial charge in [0, 0.05) is 19.6 Å². The Balaban J connectivity index is 3.35. The van der Waals surface area contributed by atoms with E-state index in [1.54, 1.807) is 0 Å². The van der Waals surface area contributed by atoms with Gasteiger partial charge in [0.05, 0.1) is 0 Å². The highest BCUT2D eigenvalue weighted by Crippen LogP contribution is 2.15. The van der Waals surface area contributed by atoms with Crippen LogP contribution in [0.3, 0.4) is 0 Å². The Hall–Kier alpha value is -0.0800. The first-order chi connectivity index (χ1) is 19.8. The summed E-state index contributed by atoms with van der Waals surface area (Å²) in [5.41, 5.74) is 3.62. The highest BCUT2D eigenvalue weighted by molar-refractivity contribution is 4.56. The van der Waals surface area contributed by atoms with E-state index < -0.39 is 0 Å². The van der Waals surface area contributed by atoms with Gasteiger partial charge in [-0.1, -0.05) is 213 Å². The molecule has 2 nitrogen and oxygen atoms in total. The number of rotatable bonds is 36. The number of hydrogen-bond donors (Lipinski definition) is 1. The molecule has 0 fully saturated rings. The van der Waals surface area contributed by atoms with E-state index >= 15 is 0 Å². The Kier molecular flexibility index (Phi) is 36.9. The zero-order chi connectivity index (χ0) is 29.0. The fourth-order valence-electron chi connectivity index (χ4n) is 6.20. The zero-order valence-electron chi connectivity index (χ0n) is 28.7. The third kappa shape index (κ3) is 34.1. The Labute approximate surface area is 256 Å².